The number of carbonyl (C=O) groups excluding carboxylic acids is 2. The molecule has 1 saturated heterocycles. The Morgan fingerprint density at radius 1 is 0.786 bits per heavy atom. The Labute approximate surface area is 166 Å². The normalized spacial score (nSPS) is 18.1. The second kappa shape index (κ2) is 8.55. The van der Waals surface area contributed by atoms with Crippen LogP contribution in [0.2, 0.25) is 0 Å². The van der Waals surface area contributed by atoms with Crippen LogP contribution in [-0.2, 0) is 0 Å². The van der Waals surface area contributed by atoms with E-state index in [4.69, 9.17) is 0 Å². The molecule has 0 bridgehead atoms. The van der Waals surface area contributed by atoms with E-state index in [0.29, 0.717) is 37.7 Å². The first-order chi connectivity index (χ1) is 13.7. The Hall–Kier alpha value is -2.69. The zero-order chi connectivity index (χ0) is 19.3. The summed E-state index contributed by atoms with van der Waals surface area (Å²) in [6.07, 6.45) is 9.75. The average Bonchev–Trinajstić information content (AvgIpc) is 2.79. The number of hydrogen-bond donors (Lipinski definition) is 0. The molecule has 2 fully saturated rings. The maximum Gasteiger partial charge on any atom is 0.255 e. The van der Waals surface area contributed by atoms with Crippen molar-refractivity contribution in [1.29, 1.82) is 0 Å². The van der Waals surface area contributed by atoms with Gasteiger partial charge in [0.25, 0.3) is 11.8 Å². The van der Waals surface area contributed by atoms with Crippen molar-refractivity contribution in [3.05, 3.63) is 65.5 Å². The van der Waals surface area contributed by atoms with Crippen molar-refractivity contribution in [3.8, 4) is 0 Å². The van der Waals surface area contributed by atoms with Crippen molar-refractivity contribution in [2.24, 2.45) is 0 Å². The third-order valence-electron chi connectivity index (χ3n) is 6.00. The van der Waals surface area contributed by atoms with Gasteiger partial charge in [-0.1, -0.05) is 31.4 Å². The molecule has 2 aliphatic rings. The summed E-state index contributed by atoms with van der Waals surface area (Å²) in [5.74, 6) is 0.695. The fraction of sp³-hybridized carbons (Fsp3) is 0.435. The van der Waals surface area contributed by atoms with Crippen molar-refractivity contribution in [2.45, 2.75) is 38.0 Å². The van der Waals surface area contributed by atoms with Gasteiger partial charge in [0, 0.05) is 44.1 Å². The van der Waals surface area contributed by atoms with Gasteiger partial charge in [-0.3, -0.25) is 14.6 Å². The Bertz CT molecular complexity index is 806. The number of rotatable bonds is 3. The molecule has 0 spiro atoms. The molecule has 0 atom stereocenters. The van der Waals surface area contributed by atoms with Crippen LogP contribution in [0, 0.1) is 0 Å². The highest BCUT2D eigenvalue weighted by molar-refractivity contribution is 5.95. The van der Waals surface area contributed by atoms with Gasteiger partial charge in [-0.15, -0.1) is 0 Å². The van der Waals surface area contributed by atoms with Crippen LogP contribution in [0.3, 0.4) is 0 Å². The predicted molar refractivity (Wildman–Crippen MR) is 108 cm³/mol. The van der Waals surface area contributed by atoms with Crippen LogP contribution in [0.4, 0.5) is 0 Å². The zero-order valence-electron chi connectivity index (χ0n) is 16.2. The Kier molecular flexibility index (Phi) is 5.70. The molecule has 1 aromatic carbocycles. The smallest absolute Gasteiger partial charge is 0.255 e. The van der Waals surface area contributed by atoms with Crippen molar-refractivity contribution >= 4 is 11.8 Å². The SMILES string of the molecule is O=C(c1ccc(C2CCCCC2)cc1)N1CCN(C(=O)c2cccnc2)CC1. The molecule has 146 valence electrons. The van der Waals surface area contributed by atoms with E-state index >= 15 is 0 Å². The Morgan fingerprint density at radius 3 is 1.96 bits per heavy atom. The van der Waals surface area contributed by atoms with Crippen LogP contribution in [0.1, 0.15) is 64.3 Å². The molecule has 4 rings (SSSR count). The molecule has 28 heavy (non-hydrogen) atoms. The highest BCUT2D eigenvalue weighted by atomic mass is 16.2. The summed E-state index contributed by atoms with van der Waals surface area (Å²) in [7, 11) is 0. The van der Waals surface area contributed by atoms with Gasteiger partial charge in [0.1, 0.15) is 0 Å². The fourth-order valence-corrected chi connectivity index (χ4v) is 4.30. The summed E-state index contributed by atoms with van der Waals surface area (Å²) in [4.78, 5) is 33.0. The lowest BCUT2D eigenvalue weighted by Gasteiger charge is -2.35. The average molecular weight is 377 g/mol. The third-order valence-corrected chi connectivity index (χ3v) is 6.00. The van der Waals surface area contributed by atoms with E-state index in [0.717, 1.165) is 5.56 Å². The van der Waals surface area contributed by atoms with Crippen LogP contribution in [0.5, 0.6) is 0 Å². The molecule has 2 amide bonds. The third kappa shape index (κ3) is 4.08. The second-order valence-corrected chi connectivity index (χ2v) is 7.78. The van der Waals surface area contributed by atoms with Crippen LogP contribution in [-0.4, -0.2) is 52.8 Å². The summed E-state index contributed by atoms with van der Waals surface area (Å²) in [6, 6.07) is 11.8. The van der Waals surface area contributed by atoms with Crippen LogP contribution in [0.25, 0.3) is 0 Å². The molecule has 2 aromatic rings. The summed E-state index contributed by atoms with van der Waals surface area (Å²) in [5, 5.41) is 0. The number of carbonyl (C=O) groups is 2. The van der Waals surface area contributed by atoms with E-state index in [9.17, 15) is 9.59 Å². The molecule has 1 saturated carbocycles. The van der Waals surface area contributed by atoms with Crippen LogP contribution >= 0.6 is 0 Å². The molecular formula is C23H27N3O2. The number of aromatic nitrogens is 1. The topological polar surface area (TPSA) is 53.5 Å². The standard InChI is InChI=1S/C23H27N3O2/c27-22(20-10-8-19(9-11-20)18-5-2-1-3-6-18)25-13-15-26(16-14-25)23(28)21-7-4-12-24-17-21/h4,7-12,17-18H,1-3,5-6,13-16H2. The maximum atomic E-state index is 12.8. The van der Waals surface area contributed by atoms with E-state index in [-0.39, 0.29) is 11.8 Å². The Morgan fingerprint density at radius 2 is 1.39 bits per heavy atom. The largest absolute Gasteiger partial charge is 0.335 e. The number of hydrogen-bond acceptors (Lipinski definition) is 3. The van der Waals surface area contributed by atoms with Gasteiger partial charge in [-0.05, 0) is 48.6 Å². The van der Waals surface area contributed by atoms with E-state index in [1.807, 2.05) is 17.0 Å². The van der Waals surface area contributed by atoms with Gasteiger partial charge in [0.2, 0.25) is 0 Å². The molecule has 2 heterocycles. The lowest BCUT2D eigenvalue weighted by molar-refractivity contribution is 0.0535. The highest BCUT2D eigenvalue weighted by Gasteiger charge is 2.26. The van der Waals surface area contributed by atoms with Crippen molar-refractivity contribution < 1.29 is 9.59 Å². The first kappa shape index (κ1) is 18.7. The minimum atomic E-state index is -0.0166. The summed E-state index contributed by atoms with van der Waals surface area (Å²) >= 11 is 0. The first-order valence-corrected chi connectivity index (χ1v) is 10.3. The van der Waals surface area contributed by atoms with Gasteiger partial charge < -0.3 is 9.80 Å². The Balaban J connectivity index is 1.34. The lowest BCUT2D eigenvalue weighted by atomic mass is 9.84. The van der Waals surface area contributed by atoms with Gasteiger partial charge in [-0.2, -0.15) is 0 Å². The van der Waals surface area contributed by atoms with Crippen molar-refractivity contribution in [1.82, 2.24) is 14.8 Å². The maximum absolute atomic E-state index is 12.8. The minimum absolute atomic E-state index is 0.0166. The molecule has 0 N–H and O–H groups in total. The number of amides is 2. The summed E-state index contributed by atoms with van der Waals surface area (Å²) in [5.41, 5.74) is 2.70. The first-order valence-electron chi connectivity index (χ1n) is 10.3. The number of pyridine rings is 1. The monoisotopic (exact) mass is 377 g/mol. The van der Waals surface area contributed by atoms with Gasteiger partial charge in [-0.25, -0.2) is 0 Å². The second-order valence-electron chi connectivity index (χ2n) is 7.78. The molecule has 5 nitrogen and oxygen atoms in total. The van der Waals surface area contributed by atoms with Crippen molar-refractivity contribution in [3.63, 3.8) is 0 Å². The quantitative estimate of drug-likeness (QED) is 0.819. The van der Waals surface area contributed by atoms with Crippen LogP contribution < -0.4 is 0 Å². The fourth-order valence-electron chi connectivity index (χ4n) is 4.30. The molecule has 1 aromatic heterocycles. The summed E-state index contributed by atoms with van der Waals surface area (Å²) < 4.78 is 0. The van der Waals surface area contributed by atoms with Gasteiger partial charge in [0.05, 0.1) is 5.56 Å². The number of nitrogens with zero attached hydrogens (tertiary/aromatic N) is 3. The summed E-state index contributed by atoms with van der Waals surface area (Å²) in [6.45, 7) is 2.24. The van der Waals surface area contributed by atoms with Gasteiger partial charge >= 0.3 is 0 Å². The van der Waals surface area contributed by atoms with Crippen LogP contribution in [0.15, 0.2) is 48.8 Å². The van der Waals surface area contributed by atoms with Crippen molar-refractivity contribution in [2.75, 3.05) is 26.2 Å². The molecule has 5 heteroatoms. The minimum Gasteiger partial charge on any atom is -0.335 e. The lowest BCUT2D eigenvalue weighted by Crippen LogP contribution is -2.50. The molecular weight excluding hydrogens is 350 g/mol. The van der Waals surface area contributed by atoms with E-state index in [2.05, 4.69) is 17.1 Å². The highest BCUT2D eigenvalue weighted by Crippen LogP contribution is 2.32. The van der Waals surface area contributed by atoms with E-state index < -0.39 is 0 Å². The van der Waals surface area contributed by atoms with Gasteiger partial charge in [0.15, 0.2) is 0 Å². The molecule has 1 aliphatic heterocycles. The molecule has 1 aliphatic carbocycles. The number of piperazine rings is 1. The zero-order valence-corrected chi connectivity index (χ0v) is 16.2. The molecule has 0 unspecified atom stereocenters. The van der Waals surface area contributed by atoms with E-state index in [1.54, 1.807) is 29.4 Å². The number of benzene rings is 1. The predicted octanol–water partition coefficient (Wildman–Crippen LogP) is 3.73. The molecule has 0 radical (unpaired) electrons. The van der Waals surface area contributed by atoms with E-state index in [1.165, 1.54) is 37.7 Å².